The number of fused-ring (bicyclic) bond motifs is 13. The van der Waals surface area contributed by atoms with Crippen molar-refractivity contribution >= 4 is 108 Å². The summed E-state index contributed by atoms with van der Waals surface area (Å²) >= 11 is 17.8. The van der Waals surface area contributed by atoms with E-state index in [4.69, 9.17) is 0 Å². The van der Waals surface area contributed by atoms with Gasteiger partial charge < -0.3 is 2.85 Å². The van der Waals surface area contributed by atoms with E-state index < -0.39 is 0 Å². The Balaban J connectivity index is 0.000000158. The van der Waals surface area contributed by atoms with Crippen LogP contribution in [0.1, 0.15) is 41.0 Å². The van der Waals surface area contributed by atoms with Crippen molar-refractivity contribution in [2.24, 2.45) is 0 Å². The van der Waals surface area contributed by atoms with Gasteiger partial charge in [0.25, 0.3) is 0 Å². The number of hydrogen-bond donors (Lipinski definition) is 0. The largest absolute Gasteiger partial charge is 2.00 e. The summed E-state index contributed by atoms with van der Waals surface area (Å²) in [4.78, 5) is 12.1. The zero-order valence-electron chi connectivity index (χ0n) is 32.2. The number of halogens is 5. The third kappa shape index (κ3) is 7.11. The molecule has 3 aliphatic rings. The fourth-order valence-corrected chi connectivity index (χ4v) is 10.4. The van der Waals surface area contributed by atoms with Gasteiger partial charge in [-0.25, -0.2) is 0 Å². The first-order valence-electron chi connectivity index (χ1n) is 18.0. The first kappa shape index (κ1) is 40.4. The molecule has 8 aromatic rings. The second kappa shape index (κ2) is 16.7. The van der Waals surface area contributed by atoms with Crippen LogP contribution in [0.5, 0.6) is 0 Å². The molecular weight excluding hydrogens is 1040 g/mol. The third-order valence-corrected chi connectivity index (χ3v) is 13.4. The van der Waals surface area contributed by atoms with Gasteiger partial charge in [-0.15, -0.1) is 0 Å². The van der Waals surface area contributed by atoms with Gasteiger partial charge in [0.1, 0.15) is 0 Å². The summed E-state index contributed by atoms with van der Waals surface area (Å²) in [5.74, 6) is 0.116. The van der Waals surface area contributed by atoms with Gasteiger partial charge in [0.2, 0.25) is 0 Å². The number of carbonyl (C=O) groups is 1. The Bertz CT molecular complexity index is 2710. The number of ketones is 1. The Morgan fingerprint density at radius 1 is 0.333 bits per heavy atom. The average molecular weight is 1070 g/mol. The van der Waals surface area contributed by atoms with Crippen molar-refractivity contribution in [2.45, 2.75) is 5.41 Å². The average Bonchev–Trinajstić information content (AvgIpc) is 3.78. The number of benzene rings is 8. The smallest absolute Gasteiger partial charge is 1.00 e. The molecule has 274 valence electrons. The zero-order chi connectivity index (χ0) is 38.6. The van der Waals surface area contributed by atoms with Crippen molar-refractivity contribution in [3.63, 3.8) is 0 Å². The molecule has 8 aromatic carbocycles. The second-order valence-corrected chi connectivity index (χ2v) is 18.3. The summed E-state index contributed by atoms with van der Waals surface area (Å²) in [6.07, 6.45) is 0. The standard InChI is InChI=1S/C25H14Br2.C13H6Br2O.C12H9Br.Mg.2H/c26-15-9-11-23-19(13-15)20-14-16(27)10-12-24(20)25(23)21-7-3-1-5-17(21)18-6-2-4-8-22(18)25;14-7-1-3-9-11(5-7)12-6-8(15)2-4-10(12)13(9)16;13-12-9-5-4-8-11(12)10-6-2-1-3-7-10;;;/h1-14H;1-6H;1-9H;;;/q;;;+2;2*-1. The van der Waals surface area contributed by atoms with Crippen molar-refractivity contribution < 1.29 is 7.65 Å². The van der Waals surface area contributed by atoms with Crippen LogP contribution >= 0.6 is 79.6 Å². The van der Waals surface area contributed by atoms with Gasteiger partial charge in [-0.1, -0.05) is 189 Å². The number of carbonyl (C=O) groups excluding carboxylic acids is 1. The van der Waals surface area contributed by atoms with Crippen molar-refractivity contribution in [3.05, 3.63) is 232 Å². The predicted octanol–water partition coefficient (Wildman–Crippen LogP) is 15.9. The van der Waals surface area contributed by atoms with Crippen LogP contribution in [0.2, 0.25) is 0 Å². The SMILES string of the molecule is Brc1ccc2c(c1)-c1cc(Br)ccc1C21c2ccccc2-c2ccccc21.Brc1ccccc1-c1ccccc1.O=C1c2ccc(Br)cc2-c2cc(Br)ccc21.[H-].[H-].[Mg+2]. The molecule has 0 saturated heterocycles. The molecular formula is C50H31Br5MgO. The van der Waals surface area contributed by atoms with Gasteiger partial charge in [-0.3, -0.25) is 4.79 Å². The zero-order valence-corrected chi connectivity index (χ0v) is 39.6. The molecule has 0 bridgehead atoms. The van der Waals surface area contributed by atoms with Gasteiger partial charge >= 0.3 is 23.1 Å². The molecule has 7 heteroatoms. The molecule has 0 fully saturated rings. The van der Waals surface area contributed by atoms with Gasteiger partial charge in [0, 0.05) is 33.5 Å². The Hall–Kier alpha value is -3.40. The Morgan fingerprint density at radius 2 is 0.702 bits per heavy atom. The number of rotatable bonds is 1. The molecule has 1 spiro atoms. The predicted molar refractivity (Wildman–Crippen MR) is 256 cm³/mol. The first-order chi connectivity index (χ1) is 27.3. The molecule has 3 aliphatic carbocycles. The molecule has 0 aliphatic heterocycles. The maximum atomic E-state index is 12.1. The van der Waals surface area contributed by atoms with Crippen LogP contribution in [0, 0.1) is 0 Å². The van der Waals surface area contributed by atoms with Gasteiger partial charge in [-0.05, 0) is 133 Å². The van der Waals surface area contributed by atoms with Gasteiger partial charge in [-0.2, -0.15) is 0 Å². The van der Waals surface area contributed by atoms with Crippen molar-refractivity contribution in [1.29, 1.82) is 0 Å². The first-order valence-corrected chi connectivity index (χ1v) is 22.0. The van der Waals surface area contributed by atoms with Crippen LogP contribution in [0.4, 0.5) is 0 Å². The minimum Gasteiger partial charge on any atom is -1.00 e. The molecule has 0 radical (unpaired) electrons. The number of hydrogen-bond acceptors (Lipinski definition) is 1. The van der Waals surface area contributed by atoms with Crippen molar-refractivity contribution in [1.82, 2.24) is 0 Å². The minimum absolute atomic E-state index is 0. The van der Waals surface area contributed by atoms with E-state index in [0.717, 1.165) is 44.6 Å². The van der Waals surface area contributed by atoms with Crippen LogP contribution in [0.3, 0.4) is 0 Å². The Morgan fingerprint density at radius 3 is 1.18 bits per heavy atom. The quantitative estimate of drug-likeness (QED) is 0.150. The summed E-state index contributed by atoms with van der Waals surface area (Å²) < 4.78 is 5.35. The van der Waals surface area contributed by atoms with Crippen LogP contribution in [-0.2, 0) is 5.41 Å². The summed E-state index contributed by atoms with van der Waals surface area (Å²) in [6, 6.07) is 61.3. The maximum absolute atomic E-state index is 12.1. The fourth-order valence-electron chi connectivity index (χ4n) is 8.43. The summed E-state index contributed by atoms with van der Waals surface area (Å²) in [5.41, 5.74) is 16.7. The molecule has 1 nitrogen and oxygen atoms in total. The molecule has 0 saturated carbocycles. The van der Waals surface area contributed by atoms with Crippen molar-refractivity contribution in [3.8, 4) is 44.5 Å². The Labute approximate surface area is 393 Å². The van der Waals surface area contributed by atoms with E-state index in [9.17, 15) is 4.79 Å². The van der Waals surface area contributed by atoms with E-state index >= 15 is 0 Å². The molecule has 0 atom stereocenters. The van der Waals surface area contributed by atoms with E-state index in [1.165, 1.54) is 55.6 Å². The molecule has 0 aromatic heterocycles. The van der Waals surface area contributed by atoms with Crippen LogP contribution < -0.4 is 0 Å². The molecule has 0 amide bonds. The van der Waals surface area contributed by atoms with Crippen molar-refractivity contribution in [2.75, 3.05) is 0 Å². The second-order valence-electron chi connectivity index (χ2n) is 13.8. The minimum atomic E-state index is -0.237. The molecule has 0 unspecified atom stereocenters. The summed E-state index contributed by atoms with van der Waals surface area (Å²) in [7, 11) is 0. The van der Waals surface area contributed by atoms with Crippen LogP contribution in [0.15, 0.2) is 198 Å². The normalized spacial score (nSPS) is 12.7. The van der Waals surface area contributed by atoms with Gasteiger partial charge in [0.15, 0.2) is 5.78 Å². The van der Waals surface area contributed by atoms with E-state index in [1.807, 2.05) is 54.6 Å². The molecule has 0 N–H and O–H groups in total. The molecule has 0 heterocycles. The fraction of sp³-hybridized carbons (Fsp3) is 0.0200. The van der Waals surface area contributed by atoms with Crippen LogP contribution in [0.25, 0.3) is 44.5 Å². The molecule has 11 rings (SSSR count). The summed E-state index contributed by atoms with van der Waals surface area (Å²) in [5, 5.41) is 0. The summed E-state index contributed by atoms with van der Waals surface area (Å²) in [6.45, 7) is 0. The van der Waals surface area contributed by atoms with Gasteiger partial charge in [0.05, 0.1) is 5.41 Å². The van der Waals surface area contributed by atoms with E-state index in [1.54, 1.807) is 0 Å². The van der Waals surface area contributed by atoms with Crippen LogP contribution in [-0.4, -0.2) is 28.8 Å². The molecule has 57 heavy (non-hydrogen) atoms. The maximum Gasteiger partial charge on any atom is 2.00 e. The van der Waals surface area contributed by atoms with E-state index in [0.29, 0.717) is 0 Å². The van der Waals surface area contributed by atoms with E-state index in [2.05, 4.69) is 201 Å². The Kier molecular flexibility index (Phi) is 11.8. The third-order valence-electron chi connectivity index (χ3n) is 10.7. The topological polar surface area (TPSA) is 17.1 Å². The monoisotopic (exact) mass is 1070 g/mol. The van der Waals surface area contributed by atoms with E-state index in [-0.39, 0.29) is 37.1 Å².